The van der Waals surface area contributed by atoms with Crippen LogP contribution in [0, 0.1) is 5.92 Å². The third-order valence-electron chi connectivity index (χ3n) is 3.81. The van der Waals surface area contributed by atoms with Gasteiger partial charge in [0.05, 0.1) is 11.0 Å². The SMILES string of the molecule is CCC(C)Cc1nc2cc(CN)ccc2n1C(C)C. The Morgan fingerprint density at radius 3 is 2.58 bits per heavy atom. The standard InChI is InChI=1S/C16H25N3/c1-5-12(4)8-16-18-14-9-13(10-17)6-7-15(14)19(16)11(2)3/h6-7,9,11-12H,5,8,10,17H2,1-4H3. The lowest BCUT2D eigenvalue weighted by Gasteiger charge is -2.15. The summed E-state index contributed by atoms with van der Waals surface area (Å²) in [6.07, 6.45) is 2.23. The fourth-order valence-electron chi connectivity index (χ4n) is 2.50. The van der Waals surface area contributed by atoms with Crippen molar-refractivity contribution < 1.29 is 0 Å². The quantitative estimate of drug-likeness (QED) is 0.890. The number of hydrogen-bond acceptors (Lipinski definition) is 2. The topological polar surface area (TPSA) is 43.8 Å². The molecule has 3 nitrogen and oxygen atoms in total. The second kappa shape index (κ2) is 5.74. The van der Waals surface area contributed by atoms with E-state index in [0.717, 1.165) is 17.5 Å². The van der Waals surface area contributed by atoms with Crippen LogP contribution in [-0.4, -0.2) is 9.55 Å². The molecule has 0 saturated heterocycles. The minimum Gasteiger partial charge on any atom is -0.326 e. The van der Waals surface area contributed by atoms with Crippen LogP contribution in [0.15, 0.2) is 18.2 Å². The molecule has 104 valence electrons. The molecule has 2 aromatic rings. The Kier molecular flexibility index (Phi) is 4.25. The predicted octanol–water partition coefficient (Wildman–Crippen LogP) is 3.66. The van der Waals surface area contributed by atoms with Crippen LogP contribution in [-0.2, 0) is 13.0 Å². The van der Waals surface area contributed by atoms with Gasteiger partial charge in [-0.2, -0.15) is 0 Å². The molecule has 0 bridgehead atoms. The molecule has 0 aliphatic heterocycles. The van der Waals surface area contributed by atoms with Gasteiger partial charge in [-0.05, 0) is 37.5 Å². The first-order valence-corrected chi connectivity index (χ1v) is 7.26. The second-order valence-electron chi connectivity index (χ2n) is 5.74. The molecule has 0 amide bonds. The molecule has 2 N–H and O–H groups in total. The molecular weight excluding hydrogens is 234 g/mol. The van der Waals surface area contributed by atoms with E-state index in [2.05, 4.69) is 50.5 Å². The maximum atomic E-state index is 5.71. The van der Waals surface area contributed by atoms with Gasteiger partial charge in [-0.3, -0.25) is 0 Å². The van der Waals surface area contributed by atoms with Crippen molar-refractivity contribution in [2.45, 2.75) is 53.1 Å². The van der Waals surface area contributed by atoms with E-state index in [4.69, 9.17) is 10.7 Å². The van der Waals surface area contributed by atoms with Crippen molar-refractivity contribution in [3.8, 4) is 0 Å². The zero-order valence-corrected chi connectivity index (χ0v) is 12.5. The highest BCUT2D eigenvalue weighted by Crippen LogP contribution is 2.24. The van der Waals surface area contributed by atoms with Gasteiger partial charge in [0, 0.05) is 19.0 Å². The third-order valence-corrected chi connectivity index (χ3v) is 3.81. The van der Waals surface area contributed by atoms with E-state index in [0.29, 0.717) is 18.5 Å². The fourth-order valence-corrected chi connectivity index (χ4v) is 2.50. The molecule has 2 rings (SSSR count). The number of imidazole rings is 1. The molecule has 1 heterocycles. The van der Waals surface area contributed by atoms with Crippen molar-refractivity contribution in [2.75, 3.05) is 0 Å². The summed E-state index contributed by atoms with van der Waals surface area (Å²) >= 11 is 0. The minimum atomic E-state index is 0.438. The largest absolute Gasteiger partial charge is 0.326 e. The molecule has 0 spiro atoms. The van der Waals surface area contributed by atoms with Gasteiger partial charge in [0.1, 0.15) is 5.82 Å². The number of fused-ring (bicyclic) bond motifs is 1. The molecule has 19 heavy (non-hydrogen) atoms. The smallest absolute Gasteiger partial charge is 0.110 e. The highest BCUT2D eigenvalue weighted by Gasteiger charge is 2.15. The van der Waals surface area contributed by atoms with Gasteiger partial charge in [0.25, 0.3) is 0 Å². The average Bonchev–Trinajstić information content (AvgIpc) is 2.74. The summed E-state index contributed by atoms with van der Waals surface area (Å²) in [5, 5.41) is 0. The van der Waals surface area contributed by atoms with E-state index in [-0.39, 0.29) is 0 Å². The maximum absolute atomic E-state index is 5.71. The lowest BCUT2D eigenvalue weighted by molar-refractivity contribution is 0.504. The molecule has 1 unspecified atom stereocenters. The third kappa shape index (κ3) is 2.81. The monoisotopic (exact) mass is 259 g/mol. The number of aromatic nitrogens is 2. The van der Waals surface area contributed by atoms with Crippen molar-refractivity contribution in [1.29, 1.82) is 0 Å². The van der Waals surface area contributed by atoms with E-state index >= 15 is 0 Å². The molecule has 1 atom stereocenters. The highest BCUT2D eigenvalue weighted by atomic mass is 15.1. The normalized spacial score (nSPS) is 13.4. The van der Waals surface area contributed by atoms with Crippen LogP contribution in [0.2, 0.25) is 0 Å². The molecule has 0 radical (unpaired) electrons. The maximum Gasteiger partial charge on any atom is 0.110 e. The number of benzene rings is 1. The van der Waals surface area contributed by atoms with E-state index in [1.165, 1.54) is 17.8 Å². The molecule has 0 fully saturated rings. The van der Waals surface area contributed by atoms with Crippen LogP contribution in [0.3, 0.4) is 0 Å². The number of hydrogen-bond donors (Lipinski definition) is 1. The fraction of sp³-hybridized carbons (Fsp3) is 0.562. The lowest BCUT2D eigenvalue weighted by atomic mass is 10.0. The van der Waals surface area contributed by atoms with Gasteiger partial charge >= 0.3 is 0 Å². The van der Waals surface area contributed by atoms with Crippen LogP contribution in [0.25, 0.3) is 11.0 Å². The van der Waals surface area contributed by atoms with Crippen molar-refractivity contribution in [2.24, 2.45) is 11.7 Å². The first-order chi connectivity index (χ1) is 9.06. The van der Waals surface area contributed by atoms with E-state index in [1.54, 1.807) is 0 Å². The number of nitrogens with zero attached hydrogens (tertiary/aromatic N) is 2. The second-order valence-corrected chi connectivity index (χ2v) is 5.74. The van der Waals surface area contributed by atoms with Gasteiger partial charge in [-0.1, -0.05) is 26.3 Å². The van der Waals surface area contributed by atoms with Crippen molar-refractivity contribution in [3.63, 3.8) is 0 Å². The van der Waals surface area contributed by atoms with Crippen molar-refractivity contribution >= 4 is 11.0 Å². The van der Waals surface area contributed by atoms with E-state index in [1.807, 2.05) is 0 Å². The van der Waals surface area contributed by atoms with Gasteiger partial charge in [0.2, 0.25) is 0 Å². The summed E-state index contributed by atoms with van der Waals surface area (Å²) in [5.74, 6) is 1.87. The van der Waals surface area contributed by atoms with Crippen LogP contribution in [0.5, 0.6) is 0 Å². The highest BCUT2D eigenvalue weighted by molar-refractivity contribution is 5.77. The summed E-state index contributed by atoms with van der Waals surface area (Å²) in [6.45, 7) is 9.54. The van der Waals surface area contributed by atoms with Gasteiger partial charge in [-0.25, -0.2) is 4.98 Å². The lowest BCUT2D eigenvalue weighted by Crippen LogP contribution is -2.09. The van der Waals surface area contributed by atoms with E-state index in [9.17, 15) is 0 Å². The van der Waals surface area contributed by atoms with Crippen LogP contribution >= 0.6 is 0 Å². The summed E-state index contributed by atoms with van der Waals surface area (Å²) in [5.41, 5.74) is 9.17. The van der Waals surface area contributed by atoms with Crippen molar-refractivity contribution in [3.05, 3.63) is 29.6 Å². The van der Waals surface area contributed by atoms with Crippen LogP contribution in [0.4, 0.5) is 0 Å². The number of nitrogens with two attached hydrogens (primary N) is 1. The summed E-state index contributed by atoms with van der Waals surface area (Å²) in [6, 6.07) is 6.82. The Labute approximate surface area is 115 Å². The molecular formula is C16H25N3. The molecule has 0 aliphatic rings. The van der Waals surface area contributed by atoms with Gasteiger partial charge in [0.15, 0.2) is 0 Å². The summed E-state index contributed by atoms with van der Waals surface area (Å²) < 4.78 is 2.36. The Bertz CT molecular complexity index is 554. The zero-order valence-electron chi connectivity index (χ0n) is 12.5. The van der Waals surface area contributed by atoms with Gasteiger partial charge in [-0.15, -0.1) is 0 Å². The Balaban J connectivity index is 2.52. The Morgan fingerprint density at radius 1 is 1.26 bits per heavy atom. The summed E-state index contributed by atoms with van der Waals surface area (Å²) in [7, 11) is 0. The Hall–Kier alpha value is -1.35. The predicted molar refractivity (Wildman–Crippen MR) is 81.2 cm³/mol. The van der Waals surface area contributed by atoms with Crippen LogP contribution in [0.1, 0.15) is 51.5 Å². The molecule has 0 aliphatic carbocycles. The van der Waals surface area contributed by atoms with Gasteiger partial charge < -0.3 is 10.3 Å². The molecule has 3 heteroatoms. The minimum absolute atomic E-state index is 0.438. The molecule has 1 aromatic carbocycles. The zero-order chi connectivity index (χ0) is 14.0. The number of rotatable bonds is 5. The first-order valence-electron chi connectivity index (χ1n) is 7.26. The van der Waals surface area contributed by atoms with Crippen LogP contribution < -0.4 is 5.73 Å². The average molecular weight is 259 g/mol. The first kappa shape index (κ1) is 14.1. The molecule has 1 aromatic heterocycles. The molecule has 0 saturated carbocycles. The Morgan fingerprint density at radius 2 is 2.00 bits per heavy atom. The summed E-state index contributed by atoms with van der Waals surface area (Å²) in [4.78, 5) is 4.84. The van der Waals surface area contributed by atoms with Crippen molar-refractivity contribution in [1.82, 2.24) is 9.55 Å². The van der Waals surface area contributed by atoms with E-state index < -0.39 is 0 Å².